The highest BCUT2D eigenvalue weighted by Crippen LogP contribution is 2.36. The Labute approximate surface area is 141 Å². The summed E-state index contributed by atoms with van der Waals surface area (Å²) in [6, 6.07) is 7.60. The van der Waals surface area contributed by atoms with Crippen LogP contribution in [0.15, 0.2) is 28.7 Å². The lowest BCUT2D eigenvalue weighted by Crippen LogP contribution is -1.98. The highest BCUT2D eigenvalue weighted by Gasteiger charge is 2.22. The quantitative estimate of drug-likeness (QED) is 0.719. The summed E-state index contributed by atoms with van der Waals surface area (Å²) in [6.07, 6.45) is 4.80. The molecule has 3 aromatic rings. The minimum atomic E-state index is 0.157. The maximum absolute atomic E-state index is 5.93. The summed E-state index contributed by atoms with van der Waals surface area (Å²) in [7, 11) is 0. The highest BCUT2D eigenvalue weighted by atomic mass is 79.9. The normalized spacial score (nSPS) is 15.3. The van der Waals surface area contributed by atoms with Crippen LogP contribution in [-0.2, 0) is 0 Å². The number of hydrogen-bond acceptors (Lipinski definition) is 5. The van der Waals surface area contributed by atoms with E-state index >= 15 is 0 Å². The van der Waals surface area contributed by atoms with E-state index < -0.39 is 0 Å². The average Bonchev–Trinajstić information content (AvgIpc) is 3.18. The van der Waals surface area contributed by atoms with E-state index in [2.05, 4.69) is 35.9 Å². The molecule has 0 bridgehead atoms. The first-order valence-electron chi connectivity index (χ1n) is 7.66. The molecule has 2 heterocycles. The molecule has 0 spiro atoms. The molecule has 118 valence electrons. The standard InChI is InChI=1S/C16H16BrN5O/c17-10-7-3-4-8-11(10)23-15-12-14(21-16(18)22-15)20-13(19-12)9-5-1-2-6-9/h3-4,7-9H,1-2,5-6H2,(H3,18,19,20,21,22). The Morgan fingerprint density at radius 2 is 1.91 bits per heavy atom. The lowest BCUT2D eigenvalue weighted by Gasteiger charge is -2.07. The minimum absolute atomic E-state index is 0.157. The van der Waals surface area contributed by atoms with Gasteiger partial charge in [0.05, 0.1) is 4.47 Å². The van der Waals surface area contributed by atoms with E-state index in [0.29, 0.717) is 28.7 Å². The van der Waals surface area contributed by atoms with E-state index in [1.54, 1.807) is 0 Å². The molecule has 1 saturated carbocycles. The van der Waals surface area contributed by atoms with Crippen LogP contribution in [0.1, 0.15) is 37.4 Å². The monoisotopic (exact) mass is 373 g/mol. The molecule has 0 amide bonds. The number of anilines is 1. The van der Waals surface area contributed by atoms with Crippen molar-refractivity contribution in [3.05, 3.63) is 34.6 Å². The second kappa shape index (κ2) is 5.81. The molecule has 0 saturated heterocycles. The van der Waals surface area contributed by atoms with Crippen molar-refractivity contribution in [3.63, 3.8) is 0 Å². The predicted molar refractivity (Wildman–Crippen MR) is 91.5 cm³/mol. The summed E-state index contributed by atoms with van der Waals surface area (Å²) in [6.45, 7) is 0. The second-order valence-electron chi connectivity index (χ2n) is 5.72. The number of nitrogens with zero attached hydrogens (tertiary/aromatic N) is 3. The van der Waals surface area contributed by atoms with E-state index in [4.69, 9.17) is 10.5 Å². The third-order valence-electron chi connectivity index (χ3n) is 4.14. The zero-order valence-corrected chi connectivity index (χ0v) is 14.0. The van der Waals surface area contributed by atoms with Crippen molar-refractivity contribution in [3.8, 4) is 11.6 Å². The lowest BCUT2D eigenvalue weighted by atomic mass is 10.1. The molecule has 23 heavy (non-hydrogen) atoms. The molecule has 6 nitrogen and oxygen atoms in total. The van der Waals surface area contributed by atoms with Crippen LogP contribution in [0.3, 0.4) is 0 Å². The fourth-order valence-electron chi connectivity index (χ4n) is 3.00. The first-order valence-corrected chi connectivity index (χ1v) is 8.45. The number of halogens is 1. The van der Waals surface area contributed by atoms with Crippen molar-refractivity contribution in [2.75, 3.05) is 5.73 Å². The number of nitrogens with two attached hydrogens (primary N) is 1. The van der Waals surface area contributed by atoms with Crippen LogP contribution < -0.4 is 10.5 Å². The number of hydrogen-bond donors (Lipinski definition) is 2. The minimum Gasteiger partial charge on any atom is -0.436 e. The maximum Gasteiger partial charge on any atom is 0.250 e. The zero-order valence-electron chi connectivity index (χ0n) is 12.4. The number of para-hydroxylation sites is 1. The summed E-state index contributed by atoms with van der Waals surface area (Å²) in [5, 5.41) is 0. The number of aromatic nitrogens is 4. The number of nitrogens with one attached hydrogen (secondary N) is 1. The summed E-state index contributed by atoms with van der Waals surface area (Å²) in [4.78, 5) is 16.4. The van der Waals surface area contributed by atoms with Gasteiger partial charge in [0, 0.05) is 5.92 Å². The molecule has 1 fully saturated rings. The van der Waals surface area contributed by atoms with Gasteiger partial charge in [0.15, 0.2) is 5.65 Å². The van der Waals surface area contributed by atoms with Crippen LogP contribution in [0.2, 0.25) is 0 Å². The van der Waals surface area contributed by atoms with Crippen LogP contribution in [0.4, 0.5) is 5.95 Å². The van der Waals surface area contributed by atoms with Gasteiger partial charge in [0.2, 0.25) is 5.95 Å². The number of benzene rings is 1. The van der Waals surface area contributed by atoms with Gasteiger partial charge >= 0.3 is 0 Å². The van der Waals surface area contributed by atoms with E-state index in [1.165, 1.54) is 12.8 Å². The Hall–Kier alpha value is -2.15. The average molecular weight is 374 g/mol. The van der Waals surface area contributed by atoms with Crippen LogP contribution in [0, 0.1) is 0 Å². The van der Waals surface area contributed by atoms with E-state index in [-0.39, 0.29) is 5.95 Å². The molecule has 1 aromatic carbocycles. The van der Waals surface area contributed by atoms with Gasteiger partial charge < -0.3 is 15.5 Å². The van der Waals surface area contributed by atoms with Crippen molar-refractivity contribution in [2.24, 2.45) is 0 Å². The zero-order chi connectivity index (χ0) is 15.8. The molecular formula is C16H16BrN5O. The molecule has 7 heteroatoms. The van der Waals surface area contributed by atoms with Crippen molar-refractivity contribution in [2.45, 2.75) is 31.6 Å². The van der Waals surface area contributed by atoms with Gasteiger partial charge in [-0.2, -0.15) is 9.97 Å². The first kappa shape index (κ1) is 14.4. The number of H-pyrrole nitrogens is 1. The number of fused-ring (bicyclic) bond motifs is 1. The fourth-order valence-corrected chi connectivity index (χ4v) is 3.37. The number of ether oxygens (including phenoxy) is 1. The van der Waals surface area contributed by atoms with E-state index in [0.717, 1.165) is 23.1 Å². The Bertz CT molecular complexity index is 857. The van der Waals surface area contributed by atoms with E-state index in [1.807, 2.05) is 24.3 Å². The van der Waals surface area contributed by atoms with Gasteiger partial charge in [-0.3, -0.25) is 0 Å². The van der Waals surface area contributed by atoms with Gasteiger partial charge in [0.25, 0.3) is 5.88 Å². The Morgan fingerprint density at radius 3 is 2.70 bits per heavy atom. The molecule has 4 rings (SSSR count). The molecule has 0 unspecified atom stereocenters. The van der Waals surface area contributed by atoms with Crippen LogP contribution >= 0.6 is 15.9 Å². The van der Waals surface area contributed by atoms with Crippen LogP contribution in [-0.4, -0.2) is 19.9 Å². The Kier molecular flexibility index (Phi) is 3.65. The van der Waals surface area contributed by atoms with Crippen molar-refractivity contribution in [1.29, 1.82) is 0 Å². The third-order valence-corrected chi connectivity index (χ3v) is 4.79. The number of imidazole rings is 1. The van der Waals surface area contributed by atoms with Crippen LogP contribution in [0.25, 0.3) is 11.2 Å². The first-order chi connectivity index (χ1) is 11.2. The summed E-state index contributed by atoms with van der Waals surface area (Å²) < 4.78 is 6.78. The molecule has 0 radical (unpaired) electrons. The lowest BCUT2D eigenvalue weighted by molar-refractivity contribution is 0.465. The summed E-state index contributed by atoms with van der Waals surface area (Å²) in [5.41, 5.74) is 7.06. The molecule has 0 atom stereocenters. The predicted octanol–water partition coefficient (Wildman–Crippen LogP) is 4.15. The maximum atomic E-state index is 5.93. The smallest absolute Gasteiger partial charge is 0.250 e. The fraction of sp³-hybridized carbons (Fsp3) is 0.312. The van der Waals surface area contributed by atoms with Gasteiger partial charge in [-0.25, -0.2) is 4.98 Å². The largest absolute Gasteiger partial charge is 0.436 e. The van der Waals surface area contributed by atoms with Crippen molar-refractivity contribution >= 4 is 33.0 Å². The summed E-state index contributed by atoms with van der Waals surface area (Å²) in [5.74, 6) is 2.64. The van der Waals surface area contributed by atoms with Gasteiger partial charge in [-0.05, 0) is 40.9 Å². The third kappa shape index (κ3) is 2.76. The van der Waals surface area contributed by atoms with E-state index in [9.17, 15) is 0 Å². The topological polar surface area (TPSA) is 89.7 Å². The Morgan fingerprint density at radius 1 is 1.13 bits per heavy atom. The molecule has 1 aliphatic rings. The highest BCUT2D eigenvalue weighted by molar-refractivity contribution is 9.10. The molecule has 1 aliphatic carbocycles. The van der Waals surface area contributed by atoms with Crippen molar-refractivity contribution in [1.82, 2.24) is 19.9 Å². The number of rotatable bonds is 3. The molecular weight excluding hydrogens is 358 g/mol. The van der Waals surface area contributed by atoms with Gasteiger partial charge in [-0.15, -0.1) is 0 Å². The number of aromatic amines is 1. The van der Waals surface area contributed by atoms with Crippen LogP contribution in [0.5, 0.6) is 11.6 Å². The molecule has 0 aliphatic heterocycles. The van der Waals surface area contributed by atoms with Gasteiger partial charge in [0.1, 0.15) is 17.1 Å². The molecule has 2 aromatic heterocycles. The molecule has 3 N–H and O–H groups in total. The second-order valence-corrected chi connectivity index (χ2v) is 6.58. The SMILES string of the molecule is Nc1nc(Oc2ccccc2Br)c2[nH]c(C3CCCC3)nc2n1. The van der Waals surface area contributed by atoms with Crippen molar-refractivity contribution < 1.29 is 4.74 Å². The number of nitrogen functional groups attached to an aromatic ring is 1. The Balaban J connectivity index is 1.77. The van der Waals surface area contributed by atoms with Gasteiger partial charge in [-0.1, -0.05) is 25.0 Å². The summed E-state index contributed by atoms with van der Waals surface area (Å²) >= 11 is 3.47.